The minimum atomic E-state index is -1.80. The van der Waals surface area contributed by atoms with E-state index in [9.17, 15) is 65.1 Å². The van der Waals surface area contributed by atoms with Gasteiger partial charge in [0.1, 0.15) is 61.0 Å². The van der Waals surface area contributed by atoms with E-state index in [1.165, 1.54) is 0 Å². The fourth-order valence-electron chi connectivity index (χ4n) is 5.86. The maximum absolute atomic E-state index is 12.3. The molecule has 0 bridgehead atoms. The van der Waals surface area contributed by atoms with Crippen LogP contribution in [0, 0.1) is 0 Å². The third-order valence-electron chi connectivity index (χ3n) is 8.91. The molecule has 0 saturated carbocycles. The second-order valence-electron chi connectivity index (χ2n) is 12.7. The molecule has 4 aliphatic rings. The molecule has 4 heterocycles. The lowest BCUT2D eigenvalue weighted by molar-refractivity contribution is -0.346. The molecule has 0 aromatic heterocycles. The van der Waals surface area contributed by atoms with E-state index in [2.05, 4.69) is 5.32 Å². The number of ether oxygens (including phenoxy) is 6. The van der Waals surface area contributed by atoms with Crippen molar-refractivity contribution in [2.45, 2.75) is 131 Å². The first-order valence-corrected chi connectivity index (χ1v) is 16.9. The first-order valence-electron chi connectivity index (χ1n) is 16.9. The van der Waals surface area contributed by atoms with Crippen LogP contribution in [0.3, 0.4) is 0 Å². The number of aliphatic hydroxyl groups is 9. The van der Waals surface area contributed by atoms with Crippen LogP contribution in [0.5, 0.6) is 0 Å². The summed E-state index contributed by atoms with van der Waals surface area (Å²) in [7, 11) is 0. The van der Waals surface area contributed by atoms with Crippen molar-refractivity contribution >= 4 is 23.7 Å². The number of carbonyl (C=O) groups excluding carboxylic acids is 4. The van der Waals surface area contributed by atoms with E-state index in [0.717, 1.165) is 0 Å². The minimum Gasteiger partial charge on any atom is -0.394 e. The van der Waals surface area contributed by atoms with Gasteiger partial charge in [-0.2, -0.15) is 0 Å². The molecule has 22 heteroatoms. The van der Waals surface area contributed by atoms with Crippen molar-refractivity contribution < 1.29 is 98.4 Å². The summed E-state index contributed by atoms with van der Waals surface area (Å²) >= 11 is 0. The Kier molecular flexibility index (Phi) is 16.0. The fraction of sp³-hybridized carbons (Fsp3) is 0.867. The number of carbonyl (C=O) groups is 4. The van der Waals surface area contributed by atoms with Gasteiger partial charge >= 0.3 is 5.97 Å². The van der Waals surface area contributed by atoms with Gasteiger partial charge < -0.3 is 84.5 Å². The summed E-state index contributed by atoms with van der Waals surface area (Å²) in [5.41, 5.74) is 0. The Morgan fingerprint density at radius 2 is 1.29 bits per heavy atom. The summed E-state index contributed by atoms with van der Waals surface area (Å²) in [6.45, 7) is -2.11. The lowest BCUT2D eigenvalue weighted by Gasteiger charge is -2.45. The smallest absolute Gasteiger partial charge is 0.333 e. The van der Waals surface area contributed by atoms with Crippen molar-refractivity contribution in [2.75, 3.05) is 33.0 Å². The summed E-state index contributed by atoms with van der Waals surface area (Å²) in [6.07, 6.45) is -21.2. The molecule has 4 rings (SSSR count). The summed E-state index contributed by atoms with van der Waals surface area (Å²) in [4.78, 5) is 52.1. The monoisotopic (exact) mass is 756 g/mol. The molecule has 0 aromatic rings. The molecule has 8 unspecified atom stereocenters. The van der Waals surface area contributed by atoms with Gasteiger partial charge in [0.2, 0.25) is 5.91 Å². The molecule has 4 saturated heterocycles. The maximum Gasteiger partial charge on any atom is 0.333 e. The average molecular weight is 757 g/mol. The molecule has 0 spiro atoms. The van der Waals surface area contributed by atoms with E-state index in [1.807, 2.05) is 0 Å². The van der Waals surface area contributed by atoms with Crippen LogP contribution in [0.25, 0.3) is 0 Å². The Labute approximate surface area is 296 Å². The largest absolute Gasteiger partial charge is 0.394 e. The molecule has 14 atom stereocenters. The van der Waals surface area contributed by atoms with Gasteiger partial charge in [0.15, 0.2) is 18.9 Å². The predicted octanol–water partition coefficient (Wildman–Crippen LogP) is -6.24. The molecule has 4 fully saturated rings. The van der Waals surface area contributed by atoms with Crippen LogP contribution in [0.1, 0.15) is 44.9 Å². The Balaban J connectivity index is 1.27. The lowest BCUT2D eigenvalue weighted by atomic mass is 9.98. The molecule has 0 aliphatic carbocycles. The topological polar surface area (TPSA) is 330 Å². The van der Waals surface area contributed by atoms with Crippen LogP contribution in [-0.4, -0.2) is 194 Å². The van der Waals surface area contributed by atoms with Crippen LogP contribution < -0.4 is 5.32 Å². The van der Waals surface area contributed by atoms with E-state index >= 15 is 0 Å². The third kappa shape index (κ3) is 10.8. The summed E-state index contributed by atoms with van der Waals surface area (Å²) < 4.78 is 33.6. The summed E-state index contributed by atoms with van der Waals surface area (Å²) in [5.74, 6) is -2.34. The number of hydroxylamine groups is 2. The Hall–Kier alpha value is -2.52. The number of hydrogen-bond donors (Lipinski definition) is 10. The van der Waals surface area contributed by atoms with Crippen LogP contribution in [0.2, 0.25) is 0 Å². The predicted molar refractivity (Wildman–Crippen MR) is 162 cm³/mol. The zero-order valence-electron chi connectivity index (χ0n) is 28.0. The number of aliphatic hydroxyl groups excluding tert-OH is 9. The van der Waals surface area contributed by atoms with Crippen LogP contribution in [0.4, 0.5) is 0 Å². The van der Waals surface area contributed by atoms with Gasteiger partial charge in [-0.1, -0.05) is 0 Å². The van der Waals surface area contributed by atoms with E-state index in [4.69, 9.17) is 33.3 Å². The van der Waals surface area contributed by atoms with Crippen molar-refractivity contribution in [3.8, 4) is 0 Å². The molecule has 3 amide bonds. The molecule has 22 nitrogen and oxygen atoms in total. The van der Waals surface area contributed by atoms with Crippen LogP contribution in [-0.2, 0) is 52.4 Å². The highest BCUT2D eigenvalue weighted by Gasteiger charge is 2.49. The van der Waals surface area contributed by atoms with Crippen molar-refractivity contribution in [3.63, 3.8) is 0 Å². The molecule has 4 aliphatic heterocycles. The highest BCUT2D eigenvalue weighted by molar-refractivity contribution is 6.01. The normalized spacial score (nSPS) is 38.4. The van der Waals surface area contributed by atoms with Gasteiger partial charge in [0.05, 0.1) is 32.5 Å². The maximum atomic E-state index is 12.3. The molecule has 10 N–H and O–H groups in total. The average Bonchev–Trinajstić information content (AvgIpc) is 3.44. The molecule has 0 aromatic carbocycles. The molecule has 298 valence electrons. The number of nitrogens with one attached hydrogen (secondary N) is 1. The molecular formula is C30H48N2O20. The number of imide groups is 1. The Morgan fingerprint density at radius 1 is 0.712 bits per heavy atom. The third-order valence-corrected chi connectivity index (χ3v) is 8.91. The second-order valence-corrected chi connectivity index (χ2v) is 12.7. The van der Waals surface area contributed by atoms with Gasteiger partial charge in [-0.05, 0) is 12.8 Å². The Bertz CT molecular complexity index is 1180. The number of nitrogens with zero attached hydrogens (tertiary/aromatic N) is 1. The van der Waals surface area contributed by atoms with E-state index in [1.54, 1.807) is 0 Å². The summed E-state index contributed by atoms with van der Waals surface area (Å²) in [5, 5.41) is 94.4. The van der Waals surface area contributed by atoms with Crippen LogP contribution >= 0.6 is 0 Å². The summed E-state index contributed by atoms with van der Waals surface area (Å²) in [6, 6.07) is 0. The Morgan fingerprint density at radius 3 is 1.90 bits per heavy atom. The van der Waals surface area contributed by atoms with Crippen molar-refractivity contribution in [2.24, 2.45) is 0 Å². The highest BCUT2D eigenvalue weighted by atomic mass is 16.7. The number of unbranched alkanes of at least 4 members (excludes halogenated alkanes) is 1. The van der Waals surface area contributed by atoms with Gasteiger partial charge in [-0.15, -0.1) is 5.06 Å². The first-order chi connectivity index (χ1) is 24.7. The van der Waals surface area contributed by atoms with E-state index < -0.39 is 124 Å². The first kappa shape index (κ1) is 42.2. The van der Waals surface area contributed by atoms with Gasteiger partial charge in [-0.3, -0.25) is 14.4 Å². The zero-order chi connectivity index (χ0) is 38.1. The van der Waals surface area contributed by atoms with Crippen molar-refractivity contribution in [1.29, 1.82) is 0 Å². The van der Waals surface area contributed by atoms with Gasteiger partial charge in [0.25, 0.3) is 11.8 Å². The fourth-order valence-corrected chi connectivity index (χ4v) is 5.86. The minimum absolute atomic E-state index is 0.00720. The van der Waals surface area contributed by atoms with Gasteiger partial charge in [0, 0.05) is 38.6 Å². The highest BCUT2D eigenvalue weighted by Crippen LogP contribution is 2.30. The van der Waals surface area contributed by atoms with E-state index in [-0.39, 0.29) is 57.6 Å². The van der Waals surface area contributed by atoms with Gasteiger partial charge in [-0.25, -0.2) is 4.79 Å². The lowest BCUT2D eigenvalue weighted by Crippen LogP contribution is -2.62. The number of rotatable bonds is 17. The molecule has 52 heavy (non-hydrogen) atoms. The number of hydrogen-bond acceptors (Lipinski definition) is 20. The van der Waals surface area contributed by atoms with Crippen molar-refractivity contribution in [1.82, 2.24) is 10.4 Å². The standard InChI is InChI=1S/C30H48N2O20/c33-10-14-23(40)25(42)27(44)29(50-14)47-12-16-22(39)13(49-30-28(45)26(43)24(41)15(11-34)51-30)9-21(48-16)46-8-7-31-17(35)3-1-2-4-20(38)52-32-18(36)5-6-19(32)37/h13-16,21-30,33-34,39-45H,1-12H2,(H,31,35)/t13?,14?,15?,16?,21-,22-,23+,24+,25?,26?,27?,28?,29-,30-/m0/s1. The quantitative estimate of drug-likeness (QED) is 0.0487. The van der Waals surface area contributed by atoms with E-state index in [0.29, 0.717) is 11.5 Å². The molecular weight excluding hydrogens is 708 g/mol. The van der Waals surface area contributed by atoms with Crippen molar-refractivity contribution in [3.05, 3.63) is 0 Å². The number of amides is 3. The van der Waals surface area contributed by atoms with Crippen LogP contribution in [0.15, 0.2) is 0 Å². The zero-order valence-corrected chi connectivity index (χ0v) is 28.0. The second kappa shape index (κ2) is 19.7. The SMILES string of the molecule is O=C(CCCCC(=O)ON1C(=O)CCC1=O)NCCO[C@@H]1CC(O[C@H]2OC(CO)[C@@H](O)C(O)C2O)[C@H](O)C(CO[C@H]2OC(CO)[C@@H](O)C(O)C2O)O1. The molecule has 0 radical (unpaired) electrons.